The van der Waals surface area contributed by atoms with Crippen LogP contribution in [-0.4, -0.2) is 23.5 Å². The van der Waals surface area contributed by atoms with Crippen LogP contribution < -0.4 is 0 Å². The van der Waals surface area contributed by atoms with Crippen molar-refractivity contribution in [1.82, 2.24) is 0 Å². The number of ketones is 2. The lowest BCUT2D eigenvalue weighted by Gasteiger charge is -2.11. The fraction of sp³-hybridized carbons (Fsp3) is 0.0556. The molecule has 0 saturated heterocycles. The second-order valence-corrected chi connectivity index (χ2v) is 9.45. The third-order valence-electron chi connectivity index (χ3n) is 6.62. The topological polar surface area (TPSA) is 86.7 Å². The van der Waals surface area contributed by atoms with Gasteiger partial charge in [-0.2, -0.15) is 0 Å². The SMILES string of the molecule is O=C(OCc1ccc(COC(=O)c2ccccc2C(=O)c2ccccc2)cc1)c1ccccc1C(=O)c1ccccc1. The molecule has 0 amide bonds. The number of carbonyl (C=O) groups is 4. The second-order valence-electron chi connectivity index (χ2n) is 9.45. The van der Waals surface area contributed by atoms with E-state index in [1.54, 1.807) is 121 Å². The number of ether oxygens (including phenoxy) is 2. The normalized spacial score (nSPS) is 10.5. The van der Waals surface area contributed by atoms with Crippen LogP contribution in [0.5, 0.6) is 0 Å². The fourth-order valence-corrected chi connectivity index (χ4v) is 4.39. The quantitative estimate of drug-likeness (QED) is 0.138. The summed E-state index contributed by atoms with van der Waals surface area (Å²) >= 11 is 0. The largest absolute Gasteiger partial charge is 0.457 e. The summed E-state index contributed by atoms with van der Waals surface area (Å²) in [4.78, 5) is 51.6. The zero-order valence-corrected chi connectivity index (χ0v) is 22.6. The average Bonchev–Trinajstić information content (AvgIpc) is 3.06. The second kappa shape index (κ2) is 13.2. The number of hydrogen-bond donors (Lipinski definition) is 0. The van der Waals surface area contributed by atoms with E-state index >= 15 is 0 Å². The van der Waals surface area contributed by atoms with Gasteiger partial charge in [0.05, 0.1) is 11.1 Å². The molecule has 5 aromatic carbocycles. The third-order valence-corrected chi connectivity index (χ3v) is 6.62. The highest BCUT2D eigenvalue weighted by atomic mass is 16.5. The molecule has 0 N–H and O–H groups in total. The Balaban J connectivity index is 1.18. The molecule has 0 aliphatic carbocycles. The summed E-state index contributed by atoms with van der Waals surface area (Å²) in [6.45, 7) is 0.00344. The van der Waals surface area contributed by atoms with Crippen molar-refractivity contribution >= 4 is 23.5 Å². The van der Waals surface area contributed by atoms with Crippen molar-refractivity contribution in [2.45, 2.75) is 13.2 Å². The molecule has 42 heavy (non-hydrogen) atoms. The Kier molecular flexibility index (Phi) is 8.75. The smallest absolute Gasteiger partial charge is 0.339 e. The van der Waals surface area contributed by atoms with Crippen molar-refractivity contribution in [1.29, 1.82) is 0 Å². The number of benzene rings is 5. The highest BCUT2D eigenvalue weighted by molar-refractivity contribution is 6.15. The summed E-state index contributed by atoms with van der Waals surface area (Å²) < 4.78 is 11.0. The Labute approximate surface area is 243 Å². The molecule has 6 heteroatoms. The maximum Gasteiger partial charge on any atom is 0.339 e. The molecule has 0 saturated carbocycles. The molecule has 0 unspecified atom stereocenters. The van der Waals surface area contributed by atoms with Crippen LogP contribution in [0, 0.1) is 0 Å². The lowest BCUT2D eigenvalue weighted by molar-refractivity contribution is 0.0458. The molecule has 0 fully saturated rings. The molecule has 0 spiro atoms. The van der Waals surface area contributed by atoms with Crippen LogP contribution in [0.2, 0.25) is 0 Å². The van der Waals surface area contributed by atoms with Crippen molar-refractivity contribution in [3.05, 3.63) is 178 Å². The highest BCUT2D eigenvalue weighted by Gasteiger charge is 2.20. The van der Waals surface area contributed by atoms with Crippen molar-refractivity contribution in [3.8, 4) is 0 Å². The molecule has 0 aliphatic heterocycles. The van der Waals surface area contributed by atoms with Gasteiger partial charge in [-0.15, -0.1) is 0 Å². The monoisotopic (exact) mass is 554 g/mol. The number of hydrogen-bond acceptors (Lipinski definition) is 6. The van der Waals surface area contributed by atoms with Crippen LogP contribution >= 0.6 is 0 Å². The fourth-order valence-electron chi connectivity index (χ4n) is 4.39. The predicted octanol–water partition coefficient (Wildman–Crippen LogP) is 6.86. The minimum atomic E-state index is -0.600. The third kappa shape index (κ3) is 6.57. The minimum Gasteiger partial charge on any atom is -0.457 e. The van der Waals surface area contributed by atoms with E-state index in [1.165, 1.54) is 0 Å². The van der Waals surface area contributed by atoms with Gasteiger partial charge in [-0.1, -0.05) is 121 Å². The Morgan fingerprint density at radius 1 is 0.381 bits per heavy atom. The van der Waals surface area contributed by atoms with Crippen LogP contribution in [0.1, 0.15) is 63.7 Å². The van der Waals surface area contributed by atoms with E-state index < -0.39 is 11.9 Å². The van der Waals surface area contributed by atoms with Crippen LogP contribution in [0.3, 0.4) is 0 Å². The number of carbonyl (C=O) groups excluding carboxylic acids is 4. The molecule has 0 atom stereocenters. The van der Waals surface area contributed by atoms with Gasteiger partial charge < -0.3 is 9.47 Å². The molecule has 0 aliphatic rings. The van der Waals surface area contributed by atoms with Crippen molar-refractivity contribution in [2.75, 3.05) is 0 Å². The number of rotatable bonds is 10. The Bertz CT molecular complexity index is 1590. The van der Waals surface area contributed by atoms with E-state index in [2.05, 4.69) is 0 Å². The van der Waals surface area contributed by atoms with Crippen LogP contribution in [0.15, 0.2) is 133 Å². The van der Waals surface area contributed by atoms with Crippen LogP contribution in [-0.2, 0) is 22.7 Å². The lowest BCUT2D eigenvalue weighted by atomic mass is 9.98. The van der Waals surface area contributed by atoms with E-state index in [4.69, 9.17) is 9.47 Å². The van der Waals surface area contributed by atoms with Gasteiger partial charge >= 0.3 is 11.9 Å². The van der Waals surface area contributed by atoms with Crippen molar-refractivity contribution < 1.29 is 28.7 Å². The molecule has 5 rings (SSSR count). The molecule has 206 valence electrons. The maximum absolute atomic E-state index is 12.9. The first-order chi connectivity index (χ1) is 20.5. The molecular formula is C36H26O6. The zero-order valence-electron chi connectivity index (χ0n) is 22.6. The van der Waals surface area contributed by atoms with Gasteiger partial charge in [-0.05, 0) is 23.3 Å². The highest BCUT2D eigenvalue weighted by Crippen LogP contribution is 2.19. The summed E-state index contributed by atoms with van der Waals surface area (Å²) in [7, 11) is 0. The first kappa shape index (κ1) is 27.9. The lowest BCUT2D eigenvalue weighted by Crippen LogP contribution is -2.13. The van der Waals surface area contributed by atoms with Gasteiger partial charge in [-0.25, -0.2) is 9.59 Å². The molecule has 5 aromatic rings. The van der Waals surface area contributed by atoms with Crippen molar-refractivity contribution in [3.63, 3.8) is 0 Å². The first-order valence-corrected chi connectivity index (χ1v) is 13.3. The zero-order chi connectivity index (χ0) is 29.3. The standard InChI is InChI=1S/C36H26O6/c37-33(27-11-3-1-4-12-27)29-15-7-9-17-31(29)35(39)41-23-25-19-21-26(22-20-25)24-42-36(40)32-18-10-8-16-30(32)34(38)28-13-5-2-6-14-28/h1-22H,23-24H2. The number of esters is 2. The van der Waals surface area contributed by atoms with Gasteiger partial charge in [-0.3, -0.25) is 9.59 Å². The van der Waals surface area contributed by atoms with Crippen LogP contribution in [0.4, 0.5) is 0 Å². The average molecular weight is 555 g/mol. The van der Waals surface area contributed by atoms with E-state index in [9.17, 15) is 19.2 Å². The molecule has 6 nitrogen and oxygen atoms in total. The predicted molar refractivity (Wildman–Crippen MR) is 157 cm³/mol. The molecule has 0 bridgehead atoms. The van der Waals surface area contributed by atoms with Gasteiger partial charge in [0.2, 0.25) is 0 Å². The summed E-state index contributed by atoms with van der Waals surface area (Å²) in [6.07, 6.45) is 0. The molecule has 0 heterocycles. The van der Waals surface area contributed by atoms with Gasteiger partial charge in [0.15, 0.2) is 11.6 Å². The van der Waals surface area contributed by atoms with E-state index in [-0.39, 0.29) is 47.0 Å². The van der Waals surface area contributed by atoms with Gasteiger partial charge in [0.25, 0.3) is 0 Å². The van der Waals surface area contributed by atoms with E-state index in [0.29, 0.717) is 11.1 Å². The van der Waals surface area contributed by atoms with Gasteiger partial charge in [0.1, 0.15) is 13.2 Å². The summed E-state index contributed by atoms with van der Waals surface area (Å²) in [6, 6.07) is 37.7. The van der Waals surface area contributed by atoms with E-state index in [0.717, 1.165) is 11.1 Å². The van der Waals surface area contributed by atoms with Crippen molar-refractivity contribution in [2.24, 2.45) is 0 Å². The Hall–Kier alpha value is -5.62. The van der Waals surface area contributed by atoms with E-state index in [1.807, 2.05) is 12.1 Å². The first-order valence-electron chi connectivity index (χ1n) is 13.3. The molecular weight excluding hydrogens is 528 g/mol. The van der Waals surface area contributed by atoms with Gasteiger partial charge in [0, 0.05) is 22.3 Å². The molecule has 0 radical (unpaired) electrons. The summed E-state index contributed by atoms with van der Waals surface area (Å²) in [5, 5.41) is 0. The minimum absolute atomic E-state index is 0.00172. The molecule has 0 aromatic heterocycles. The summed E-state index contributed by atoms with van der Waals surface area (Å²) in [5.74, 6) is -1.71. The van der Waals surface area contributed by atoms with Crippen LogP contribution in [0.25, 0.3) is 0 Å². The summed E-state index contributed by atoms with van der Waals surface area (Å²) in [5.41, 5.74) is 3.37. The maximum atomic E-state index is 12.9. The Morgan fingerprint density at radius 2 is 0.690 bits per heavy atom. The Morgan fingerprint density at radius 3 is 1.05 bits per heavy atom.